The van der Waals surface area contributed by atoms with E-state index in [1.807, 2.05) is 18.3 Å². The van der Waals surface area contributed by atoms with Gasteiger partial charge in [0, 0.05) is 32.0 Å². The maximum atomic E-state index is 10.6. The number of fused-ring (bicyclic) bond motifs is 1. The second kappa shape index (κ2) is 17.1. The van der Waals surface area contributed by atoms with E-state index in [0.717, 1.165) is 49.9 Å². The van der Waals surface area contributed by atoms with Crippen LogP contribution < -0.4 is 5.32 Å². The van der Waals surface area contributed by atoms with Crippen LogP contribution >= 0.6 is 11.3 Å². The number of pyridine rings is 1. The molecule has 1 aliphatic heterocycles. The molecule has 0 atom stereocenters. The predicted molar refractivity (Wildman–Crippen MR) is 136 cm³/mol. The summed E-state index contributed by atoms with van der Waals surface area (Å²) >= 11 is 1.75. The molecule has 0 fully saturated rings. The summed E-state index contributed by atoms with van der Waals surface area (Å²) in [5.74, 6) is -6.22. The van der Waals surface area contributed by atoms with E-state index < -0.39 is 36.4 Å². The van der Waals surface area contributed by atoms with E-state index in [4.69, 9.17) is 29.7 Å². The van der Waals surface area contributed by atoms with Gasteiger partial charge in [-0.1, -0.05) is 0 Å². The molecule has 3 aromatic heterocycles. The highest BCUT2D eigenvalue weighted by Crippen LogP contribution is 2.18. The van der Waals surface area contributed by atoms with Crippen LogP contribution in [-0.4, -0.2) is 82.9 Å². The van der Waals surface area contributed by atoms with Gasteiger partial charge in [0.25, 0.3) is 0 Å². The van der Waals surface area contributed by atoms with Gasteiger partial charge in [-0.05, 0) is 40.9 Å². The van der Waals surface area contributed by atoms with Crippen molar-refractivity contribution in [1.29, 1.82) is 0 Å². The molecular weight excluding hydrogens is 659 g/mol. The molecule has 0 spiro atoms. The fourth-order valence-electron chi connectivity index (χ4n) is 3.03. The fourth-order valence-corrected chi connectivity index (χ4v) is 3.69. The summed E-state index contributed by atoms with van der Waals surface area (Å²) in [7, 11) is 0. The number of nitrogens with zero attached hydrogens (tertiary/aromatic N) is 5. The Balaban J connectivity index is 0.000000396. The van der Waals surface area contributed by atoms with Crippen molar-refractivity contribution < 1.29 is 69.2 Å². The molecule has 4 N–H and O–H groups in total. The number of nitrogens with one attached hydrogen (secondary N) is 1. The lowest BCUT2D eigenvalue weighted by atomic mass is 10.3. The Bertz CT molecular complexity index is 1290. The number of hydrogen-bond acceptors (Lipinski definition) is 9. The number of carboxylic acids is 3. The van der Waals surface area contributed by atoms with Crippen LogP contribution in [0.25, 0.3) is 0 Å². The van der Waals surface area contributed by atoms with Gasteiger partial charge in [0.2, 0.25) is 0 Å². The Labute approximate surface area is 250 Å². The average molecular weight is 683 g/mol. The van der Waals surface area contributed by atoms with Crippen molar-refractivity contribution in [2.45, 2.75) is 51.1 Å². The van der Waals surface area contributed by atoms with Crippen molar-refractivity contribution in [2.24, 2.45) is 0 Å². The maximum Gasteiger partial charge on any atom is 0.490 e. The van der Waals surface area contributed by atoms with Crippen LogP contribution in [0.5, 0.6) is 0 Å². The SMILES string of the molecule is O=C(O)C(F)(F)F.O=C(O)C(F)(F)F.O=C(O)C(F)(F)F.c1cncc(NCc2nnc3n2CCCN(Cc2ccsc2)C3)c1. The largest absolute Gasteiger partial charge is 0.490 e. The highest BCUT2D eigenvalue weighted by atomic mass is 32.1. The van der Waals surface area contributed by atoms with E-state index >= 15 is 0 Å². The van der Waals surface area contributed by atoms with Gasteiger partial charge in [0.15, 0.2) is 5.82 Å². The van der Waals surface area contributed by atoms with Gasteiger partial charge in [-0.25, -0.2) is 14.4 Å². The summed E-state index contributed by atoms with van der Waals surface area (Å²) < 4.78 is 97.5. The quantitative estimate of drug-likeness (QED) is 0.276. The third-order valence-corrected chi connectivity index (χ3v) is 5.68. The monoisotopic (exact) mass is 682 g/mol. The van der Waals surface area contributed by atoms with Gasteiger partial charge >= 0.3 is 36.4 Å². The molecule has 0 unspecified atom stereocenters. The summed E-state index contributed by atoms with van der Waals surface area (Å²) in [4.78, 5) is 33.3. The van der Waals surface area contributed by atoms with Gasteiger partial charge in [-0.3, -0.25) is 9.88 Å². The number of hydrogen-bond donors (Lipinski definition) is 4. The van der Waals surface area contributed by atoms with Crippen LogP contribution in [0.2, 0.25) is 0 Å². The first-order valence-corrected chi connectivity index (χ1v) is 12.8. The second-order valence-corrected chi connectivity index (χ2v) is 9.16. The third-order valence-electron chi connectivity index (χ3n) is 4.95. The first kappa shape index (κ1) is 38.6. The first-order valence-electron chi connectivity index (χ1n) is 11.9. The van der Waals surface area contributed by atoms with Crippen molar-refractivity contribution in [2.75, 3.05) is 11.9 Å². The molecule has 4 heterocycles. The zero-order valence-electron chi connectivity index (χ0n) is 22.4. The minimum atomic E-state index is -5.08. The van der Waals surface area contributed by atoms with Crippen LogP contribution in [0.1, 0.15) is 23.6 Å². The molecule has 0 amide bonds. The van der Waals surface area contributed by atoms with Crippen molar-refractivity contribution in [1.82, 2.24) is 24.6 Å². The van der Waals surface area contributed by atoms with Crippen molar-refractivity contribution in [3.8, 4) is 0 Å². The standard InChI is InChI=1S/C17H20N6S.3C2HF3O2/c1-3-15(9-18-5-1)19-10-16-20-21-17-12-22(6-2-7-23(16)17)11-14-4-8-24-13-14;3*3-2(4,5)1(6)7/h1,3-5,8-9,13,19H,2,6-7,10-12H2;3*(H,6,7). The van der Waals surface area contributed by atoms with Crippen molar-refractivity contribution in [3.63, 3.8) is 0 Å². The molecule has 0 saturated carbocycles. The normalized spacial score (nSPS) is 13.3. The second-order valence-electron chi connectivity index (χ2n) is 8.38. The fraction of sp³-hybridized carbons (Fsp3) is 0.391. The summed E-state index contributed by atoms with van der Waals surface area (Å²) in [5, 5.41) is 37.9. The zero-order valence-corrected chi connectivity index (χ0v) is 23.2. The number of alkyl halides is 9. The highest BCUT2D eigenvalue weighted by molar-refractivity contribution is 7.07. The molecule has 0 aliphatic carbocycles. The number of carboxylic acid groups (broad SMARTS) is 3. The number of aromatic nitrogens is 4. The lowest BCUT2D eigenvalue weighted by Crippen LogP contribution is -2.22. The minimum absolute atomic E-state index is 0.670. The molecule has 0 bridgehead atoms. The van der Waals surface area contributed by atoms with E-state index in [1.165, 1.54) is 5.56 Å². The topological polar surface area (TPSA) is 171 Å². The van der Waals surface area contributed by atoms with Gasteiger partial charge in [-0.2, -0.15) is 50.9 Å². The lowest BCUT2D eigenvalue weighted by Gasteiger charge is -2.17. The Morgan fingerprint density at radius 2 is 1.42 bits per heavy atom. The first-order chi connectivity index (χ1) is 20.7. The molecule has 1 aliphatic rings. The van der Waals surface area contributed by atoms with E-state index in [0.29, 0.717) is 6.54 Å². The lowest BCUT2D eigenvalue weighted by molar-refractivity contribution is -0.193. The number of carbonyl (C=O) groups is 3. The number of thiophene rings is 1. The summed E-state index contributed by atoms with van der Waals surface area (Å²) in [6, 6.07) is 6.13. The zero-order chi connectivity index (χ0) is 34.4. The highest BCUT2D eigenvalue weighted by Gasteiger charge is 2.39. The molecule has 22 heteroatoms. The van der Waals surface area contributed by atoms with E-state index in [2.05, 4.69) is 46.8 Å². The van der Waals surface area contributed by atoms with E-state index in [-0.39, 0.29) is 0 Å². The Kier molecular flexibility index (Phi) is 14.7. The minimum Gasteiger partial charge on any atom is -0.475 e. The smallest absolute Gasteiger partial charge is 0.475 e. The van der Waals surface area contributed by atoms with Gasteiger partial charge < -0.3 is 25.2 Å². The van der Waals surface area contributed by atoms with Crippen LogP contribution in [0.4, 0.5) is 45.2 Å². The van der Waals surface area contributed by atoms with Gasteiger partial charge in [0.05, 0.1) is 18.8 Å². The van der Waals surface area contributed by atoms with E-state index in [9.17, 15) is 39.5 Å². The molecule has 12 nitrogen and oxygen atoms in total. The van der Waals surface area contributed by atoms with Gasteiger partial charge in [-0.15, -0.1) is 10.2 Å². The predicted octanol–water partition coefficient (Wildman–Crippen LogP) is 4.65. The van der Waals surface area contributed by atoms with Crippen molar-refractivity contribution in [3.05, 3.63) is 58.6 Å². The van der Waals surface area contributed by atoms with Crippen molar-refractivity contribution >= 4 is 34.9 Å². The molecule has 0 saturated heterocycles. The number of aliphatic carboxylic acids is 3. The number of rotatable bonds is 5. The Morgan fingerprint density at radius 3 is 1.87 bits per heavy atom. The van der Waals surface area contributed by atoms with Crippen LogP contribution in [0.15, 0.2) is 41.4 Å². The van der Waals surface area contributed by atoms with Crippen LogP contribution in [0.3, 0.4) is 0 Å². The van der Waals surface area contributed by atoms with Gasteiger partial charge in [0.1, 0.15) is 5.82 Å². The molecule has 4 rings (SSSR count). The van der Waals surface area contributed by atoms with Crippen LogP contribution in [-0.2, 0) is 40.6 Å². The third kappa shape index (κ3) is 15.2. The Morgan fingerprint density at radius 1 is 0.867 bits per heavy atom. The number of halogens is 9. The summed E-state index contributed by atoms with van der Waals surface area (Å²) in [5.41, 5.74) is 2.38. The summed E-state index contributed by atoms with van der Waals surface area (Å²) in [6.45, 7) is 4.58. The van der Waals surface area contributed by atoms with Crippen LogP contribution in [0, 0.1) is 0 Å². The number of anilines is 1. The average Bonchev–Trinajstić information content (AvgIpc) is 3.52. The van der Waals surface area contributed by atoms with E-state index in [1.54, 1.807) is 17.5 Å². The molecule has 250 valence electrons. The molecular formula is C23H23F9N6O6S. The summed E-state index contributed by atoms with van der Waals surface area (Å²) in [6.07, 6.45) is -10.5. The maximum absolute atomic E-state index is 10.6. The molecule has 0 aromatic carbocycles. The Hall–Kier alpha value is -4.47. The molecule has 3 aromatic rings. The molecule has 0 radical (unpaired) electrons. The molecule has 45 heavy (non-hydrogen) atoms.